The number of nitrogens with one attached hydrogen (secondary N) is 1. The van der Waals surface area contributed by atoms with Gasteiger partial charge in [-0.15, -0.1) is 11.8 Å². The second-order valence-electron chi connectivity index (χ2n) is 15.0. The van der Waals surface area contributed by atoms with Gasteiger partial charge in [0.05, 0.1) is 18.0 Å². The molecule has 0 bridgehead atoms. The maximum absolute atomic E-state index is 13.2. The Morgan fingerprint density at radius 1 is 0.854 bits per heavy atom. The number of aromatic amines is 1. The Labute approximate surface area is 291 Å². The van der Waals surface area contributed by atoms with Gasteiger partial charge in [-0.1, -0.05) is 135 Å². The normalized spacial score (nSPS) is 18.7. The lowest BCUT2D eigenvalue weighted by molar-refractivity contribution is -0.0203. The molecule has 5 rings (SSSR count). The number of thioether (sulfide) groups is 1. The predicted octanol–water partition coefficient (Wildman–Crippen LogP) is 7.93. The fourth-order valence-corrected chi connectivity index (χ4v) is 13.3. The molecule has 3 atom stereocenters. The first kappa shape index (κ1) is 36.1. The number of hydrogen-bond acceptors (Lipinski definition) is 5. The highest BCUT2D eigenvalue weighted by atomic mass is 32.2. The van der Waals surface area contributed by atoms with E-state index in [9.17, 15) is 9.59 Å². The van der Waals surface area contributed by atoms with Crippen molar-refractivity contribution in [2.45, 2.75) is 114 Å². The van der Waals surface area contributed by atoms with Crippen LogP contribution < -0.4 is 21.6 Å². The Bertz CT molecular complexity index is 1730. The summed E-state index contributed by atoms with van der Waals surface area (Å²) in [6.45, 7) is 20.7. The second-order valence-corrected chi connectivity index (χ2v) is 20.6. The van der Waals surface area contributed by atoms with Crippen LogP contribution in [-0.4, -0.2) is 35.8 Å². The van der Waals surface area contributed by atoms with Crippen LogP contribution in [0.15, 0.2) is 99.5 Å². The van der Waals surface area contributed by atoms with Gasteiger partial charge in [-0.2, -0.15) is 0 Å². The summed E-state index contributed by atoms with van der Waals surface area (Å²) in [7, 11) is -2.80. The van der Waals surface area contributed by atoms with Crippen molar-refractivity contribution in [1.29, 1.82) is 0 Å². The van der Waals surface area contributed by atoms with Gasteiger partial charge in [0.1, 0.15) is 0 Å². The quantitative estimate of drug-likeness (QED) is 0.163. The fraction of sp³-hybridized carbons (Fsp3) is 0.450. The molecule has 48 heavy (non-hydrogen) atoms. The molecule has 1 saturated heterocycles. The van der Waals surface area contributed by atoms with Crippen molar-refractivity contribution in [2.24, 2.45) is 0 Å². The Balaban J connectivity index is 1.56. The van der Waals surface area contributed by atoms with Crippen molar-refractivity contribution in [1.82, 2.24) is 9.55 Å². The largest absolute Gasteiger partial charge is 0.405 e. The van der Waals surface area contributed by atoms with E-state index in [1.807, 2.05) is 11.8 Å². The van der Waals surface area contributed by atoms with Crippen molar-refractivity contribution in [2.75, 3.05) is 6.61 Å². The van der Waals surface area contributed by atoms with E-state index in [0.29, 0.717) is 30.8 Å². The van der Waals surface area contributed by atoms with E-state index in [-0.39, 0.29) is 16.4 Å². The Hall–Kier alpha value is -3.17. The maximum Gasteiger partial charge on any atom is 0.330 e. The van der Waals surface area contributed by atoms with Crippen molar-refractivity contribution in [3.05, 3.63) is 123 Å². The lowest BCUT2D eigenvalue weighted by Crippen LogP contribution is -2.67. The monoisotopic (exact) mass is 684 g/mol. The summed E-state index contributed by atoms with van der Waals surface area (Å²) in [5, 5.41) is 2.18. The Kier molecular flexibility index (Phi) is 11.1. The van der Waals surface area contributed by atoms with E-state index >= 15 is 0 Å². The Morgan fingerprint density at radius 2 is 1.40 bits per heavy atom. The molecule has 1 aromatic heterocycles. The highest BCUT2D eigenvalue weighted by molar-refractivity contribution is 8.00. The van der Waals surface area contributed by atoms with Crippen LogP contribution in [0.3, 0.4) is 0 Å². The van der Waals surface area contributed by atoms with Gasteiger partial charge >= 0.3 is 5.69 Å². The molecule has 0 unspecified atom stereocenters. The van der Waals surface area contributed by atoms with Gasteiger partial charge in [0.2, 0.25) is 0 Å². The van der Waals surface area contributed by atoms with E-state index in [4.69, 9.17) is 9.16 Å². The second kappa shape index (κ2) is 14.7. The summed E-state index contributed by atoms with van der Waals surface area (Å²) in [6.07, 6.45) is 1.43. The molecule has 1 N–H and O–H groups in total. The van der Waals surface area contributed by atoms with Crippen LogP contribution in [-0.2, 0) is 9.16 Å². The topological polar surface area (TPSA) is 73.3 Å². The SMILES string of the molecule is CC(C)c1cc(C(C)C)c(S[C@@H]2C[C@@H](CO[Si](c3ccccc3)(c3ccccc3)C(C)(C)C)O[C@H]2n2ccc(=O)[nH]c2=O)c(C(C)C)c1. The molecular weight excluding hydrogens is 633 g/mol. The molecule has 4 aromatic rings. The molecule has 256 valence electrons. The highest BCUT2D eigenvalue weighted by Crippen LogP contribution is 2.47. The number of aromatic nitrogens is 2. The lowest BCUT2D eigenvalue weighted by atomic mass is 9.89. The first-order valence-corrected chi connectivity index (χ1v) is 20.1. The van der Waals surface area contributed by atoms with E-state index in [0.717, 1.165) is 0 Å². The van der Waals surface area contributed by atoms with E-state index in [1.165, 1.54) is 38.0 Å². The van der Waals surface area contributed by atoms with Crippen LogP contribution in [0, 0.1) is 0 Å². The van der Waals surface area contributed by atoms with Crippen LogP contribution in [0.1, 0.15) is 109 Å². The third-order valence-electron chi connectivity index (χ3n) is 9.52. The molecule has 0 aliphatic carbocycles. The zero-order valence-electron chi connectivity index (χ0n) is 29.9. The number of rotatable bonds is 11. The van der Waals surface area contributed by atoms with Gasteiger partial charge in [-0.05, 0) is 56.3 Å². The summed E-state index contributed by atoms with van der Waals surface area (Å²) in [4.78, 5) is 29.0. The predicted molar refractivity (Wildman–Crippen MR) is 202 cm³/mol. The van der Waals surface area contributed by atoms with Crippen molar-refractivity contribution in [3.63, 3.8) is 0 Å². The first-order chi connectivity index (χ1) is 22.7. The van der Waals surface area contributed by atoms with Crippen molar-refractivity contribution >= 4 is 30.5 Å². The number of benzene rings is 3. The number of H-pyrrole nitrogens is 1. The molecule has 0 spiro atoms. The smallest absolute Gasteiger partial charge is 0.330 e. The minimum atomic E-state index is -2.80. The van der Waals surface area contributed by atoms with Crippen molar-refractivity contribution in [3.8, 4) is 0 Å². The van der Waals surface area contributed by atoms with Gasteiger partial charge in [0, 0.05) is 17.2 Å². The molecular formula is C40H52N2O4SSi. The third-order valence-corrected chi connectivity index (χ3v) is 16.0. The minimum Gasteiger partial charge on any atom is -0.405 e. The fourth-order valence-electron chi connectivity index (χ4n) is 6.96. The first-order valence-electron chi connectivity index (χ1n) is 17.3. The van der Waals surface area contributed by atoms with Crippen LogP contribution in [0.4, 0.5) is 0 Å². The van der Waals surface area contributed by atoms with Gasteiger partial charge in [-0.3, -0.25) is 14.3 Å². The van der Waals surface area contributed by atoms with Crippen LogP contribution in [0.25, 0.3) is 0 Å². The summed E-state index contributed by atoms with van der Waals surface area (Å²) in [5.41, 5.74) is 3.12. The summed E-state index contributed by atoms with van der Waals surface area (Å²) >= 11 is 1.81. The van der Waals surface area contributed by atoms with Crippen LogP contribution in [0.5, 0.6) is 0 Å². The molecule has 1 fully saturated rings. The molecule has 0 radical (unpaired) electrons. The molecule has 1 aliphatic rings. The third kappa shape index (κ3) is 7.37. The summed E-state index contributed by atoms with van der Waals surface area (Å²) < 4.78 is 15.7. The number of ether oxygens (including phenoxy) is 1. The molecule has 3 aromatic carbocycles. The number of hydrogen-bond donors (Lipinski definition) is 1. The van der Waals surface area contributed by atoms with E-state index < -0.39 is 25.8 Å². The average molecular weight is 685 g/mol. The highest BCUT2D eigenvalue weighted by Gasteiger charge is 2.51. The van der Waals surface area contributed by atoms with Gasteiger partial charge in [0.25, 0.3) is 13.9 Å². The van der Waals surface area contributed by atoms with Gasteiger partial charge in [0.15, 0.2) is 6.23 Å². The van der Waals surface area contributed by atoms with Gasteiger partial charge < -0.3 is 9.16 Å². The standard InChI is InChI=1S/C40H52N2O4SSi/c1-26(2)29-22-33(27(3)4)37(34(23-29)28(5)6)47-35-24-30(46-38(35)42-21-20-36(43)41-39(42)44)25-45-48(40(7,8)9,31-16-12-10-13-17-31)32-18-14-11-15-19-32/h10-23,26-28,30,35,38H,24-25H2,1-9H3,(H,41,43,44)/t30-,35+,38+/m0/s1. The molecule has 1 aliphatic heterocycles. The molecule has 6 nitrogen and oxygen atoms in total. The minimum absolute atomic E-state index is 0.0822. The zero-order chi connectivity index (χ0) is 34.8. The van der Waals surface area contributed by atoms with Crippen LogP contribution in [0.2, 0.25) is 5.04 Å². The summed E-state index contributed by atoms with van der Waals surface area (Å²) in [6, 6.07) is 27.4. The Morgan fingerprint density at radius 3 is 1.85 bits per heavy atom. The molecule has 8 heteroatoms. The molecule has 0 saturated carbocycles. The zero-order valence-corrected chi connectivity index (χ0v) is 31.8. The van der Waals surface area contributed by atoms with E-state index in [1.54, 1.807) is 10.8 Å². The lowest BCUT2D eigenvalue weighted by Gasteiger charge is -2.43. The van der Waals surface area contributed by atoms with E-state index in [2.05, 4.69) is 140 Å². The molecule has 2 heterocycles. The van der Waals surface area contributed by atoms with Crippen LogP contribution >= 0.6 is 11.8 Å². The number of nitrogens with zero attached hydrogens (tertiary/aromatic N) is 1. The van der Waals surface area contributed by atoms with Gasteiger partial charge in [-0.25, -0.2) is 4.79 Å². The van der Waals surface area contributed by atoms with Crippen molar-refractivity contribution < 1.29 is 9.16 Å². The average Bonchev–Trinajstić information content (AvgIpc) is 3.43. The maximum atomic E-state index is 13.2. The molecule has 0 amide bonds. The summed E-state index contributed by atoms with van der Waals surface area (Å²) in [5.74, 6) is 1.08.